The van der Waals surface area contributed by atoms with Crippen molar-refractivity contribution in [3.63, 3.8) is 0 Å². The minimum Gasteiger partial charge on any atom is -0.368 e. The second-order valence-electron chi connectivity index (χ2n) is 2.88. The van der Waals surface area contributed by atoms with Crippen molar-refractivity contribution < 1.29 is 9.59 Å². The van der Waals surface area contributed by atoms with E-state index < -0.39 is 0 Å². The van der Waals surface area contributed by atoms with Crippen molar-refractivity contribution in [3.05, 3.63) is 0 Å². The highest BCUT2D eigenvalue weighted by Gasteiger charge is 2.32. The molecule has 0 aromatic rings. The Morgan fingerprint density at radius 2 is 2.27 bits per heavy atom. The maximum atomic E-state index is 10.6. The minimum absolute atomic E-state index is 0.0796. The summed E-state index contributed by atoms with van der Waals surface area (Å²) in [7, 11) is 0. The number of amides is 1. The first-order chi connectivity index (χ1) is 5.11. The maximum Gasteiger partial charge on any atom is 0.234 e. The summed E-state index contributed by atoms with van der Waals surface area (Å²) in [6.07, 6.45) is 0.794. The van der Waals surface area contributed by atoms with Crippen molar-refractivity contribution in [2.24, 2.45) is 5.73 Å². The molecule has 4 heteroatoms. The van der Waals surface area contributed by atoms with E-state index in [1.165, 1.54) is 6.92 Å². The molecule has 0 spiro atoms. The second-order valence-corrected chi connectivity index (χ2v) is 2.88. The predicted octanol–water partition coefficient (Wildman–Crippen LogP) is -0.865. The van der Waals surface area contributed by atoms with Gasteiger partial charge in [0.25, 0.3) is 0 Å². The topological polar surface area (TPSA) is 63.4 Å². The van der Waals surface area contributed by atoms with Crippen molar-refractivity contribution in [2.75, 3.05) is 13.1 Å². The molecular weight excluding hydrogens is 144 g/mol. The molecule has 62 valence electrons. The van der Waals surface area contributed by atoms with Crippen molar-refractivity contribution in [2.45, 2.75) is 19.4 Å². The lowest BCUT2D eigenvalue weighted by atomic mass is 10.0. The average molecular weight is 156 g/mol. The molecule has 1 rings (SSSR count). The van der Waals surface area contributed by atoms with E-state index in [2.05, 4.69) is 0 Å². The fraction of sp³-hybridized carbons (Fsp3) is 0.714. The van der Waals surface area contributed by atoms with Crippen molar-refractivity contribution in [1.29, 1.82) is 0 Å². The highest BCUT2D eigenvalue weighted by Crippen LogP contribution is 2.15. The zero-order chi connectivity index (χ0) is 8.43. The van der Waals surface area contributed by atoms with E-state index in [1.54, 1.807) is 4.90 Å². The van der Waals surface area contributed by atoms with Crippen LogP contribution in [-0.2, 0) is 9.59 Å². The summed E-state index contributed by atoms with van der Waals surface area (Å²) in [5.41, 5.74) is 5.07. The summed E-state index contributed by atoms with van der Waals surface area (Å²) in [5.74, 6) is -0.242. The second kappa shape index (κ2) is 3.00. The number of nitrogens with zero attached hydrogens (tertiary/aromatic N) is 1. The molecule has 4 nitrogen and oxygen atoms in total. The van der Waals surface area contributed by atoms with Gasteiger partial charge in [0, 0.05) is 6.54 Å². The van der Waals surface area contributed by atoms with Crippen LogP contribution >= 0.6 is 0 Å². The quantitative estimate of drug-likeness (QED) is 0.578. The molecule has 1 amide bonds. The van der Waals surface area contributed by atoms with Gasteiger partial charge in [0.05, 0.1) is 12.6 Å². The number of nitrogens with two attached hydrogens (primary N) is 1. The Balaban J connectivity index is 2.37. The van der Waals surface area contributed by atoms with E-state index in [1.807, 2.05) is 0 Å². The highest BCUT2D eigenvalue weighted by atomic mass is 16.1. The molecule has 2 N–H and O–H groups in total. The third-order valence-electron chi connectivity index (χ3n) is 1.88. The van der Waals surface area contributed by atoms with E-state index >= 15 is 0 Å². The van der Waals surface area contributed by atoms with Gasteiger partial charge < -0.3 is 5.73 Å². The number of carbonyl (C=O) groups is 2. The van der Waals surface area contributed by atoms with E-state index in [0.29, 0.717) is 6.54 Å². The van der Waals surface area contributed by atoms with Crippen LogP contribution in [0, 0.1) is 0 Å². The van der Waals surface area contributed by atoms with Gasteiger partial charge in [0.1, 0.15) is 5.78 Å². The molecule has 11 heavy (non-hydrogen) atoms. The van der Waals surface area contributed by atoms with Gasteiger partial charge in [0.15, 0.2) is 0 Å². The molecule has 1 fully saturated rings. The van der Waals surface area contributed by atoms with Crippen molar-refractivity contribution in [1.82, 2.24) is 4.90 Å². The van der Waals surface area contributed by atoms with Gasteiger partial charge in [-0.05, 0) is 13.3 Å². The smallest absolute Gasteiger partial charge is 0.234 e. The van der Waals surface area contributed by atoms with E-state index in [0.717, 1.165) is 13.0 Å². The molecule has 1 heterocycles. The lowest BCUT2D eigenvalue weighted by Gasteiger charge is -2.37. The Hall–Kier alpha value is -0.900. The Morgan fingerprint density at radius 1 is 1.64 bits per heavy atom. The molecule has 0 aromatic heterocycles. The molecule has 1 atom stereocenters. The fourth-order valence-corrected chi connectivity index (χ4v) is 1.24. The third-order valence-corrected chi connectivity index (χ3v) is 1.88. The highest BCUT2D eigenvalue weighted by molar-refractivity contribution is 5.83. The van der Waals surface area contributed by atoms with Crippen LogP contribution in [0.4, 0.5) is 0 Å². The van der Waals surface area contributed by atoms with Crippen LogP contribution in [0.15, 0.2) is 0 Å². The van der Waals surface area contributed by atoms with Crippen LogP contribution in [-0.4, -0.2) is 35.7 Å². The van der Waals surface area contributed by atoms with Crippen molar-refractivity contribution in [3.8, 4) is 0 Å². The van der Waals surface area contributed by atoms with Gasteiger partial charge in [-0.3, -0.25) is 14.5 Å². The Bertz CT molecular complexity index is 191. The summed E-state index contributed by atoms with van der Waals surface area (Å²) in [6.45, 7) is 2.68. The molecule has 0 aromatic carbocycles. The van der Waals surface area contributed by atoms with E-state index in [4.69, 9.17) is 5.73 Å². The standard InChI is InChI=1S/C7H12N2O2/c1-5(10)4-9-3-2-6(9)7(8)11/h6H,2-4H2,1H3,(H2,8,11). The SMILES string of the molecule is CC(=O)CN1CCC1C(N)=O. The number of Topliss-reactive ketones (excluding diaryl/α,β-unsaturated/α-hetero) is 1. The molecule has 0 bridgehead atoms. The Morgan fingerprint density at radius 3 is 2.55 bits per heavy atom. The lowest BCUT2D eigenvalue weighted by molar-refractivity contribution is -0.130. The largest absolute Gasteiger partial charge is 0.368 e. The zero-order valence-electron chi connectivity index (χ0n) is 6.54. The number of carbonyl (C=O) groups excluding carboxylic acids is 2. The number of hydrogen-bond acceptors (Lipinski definition) is 3. The first kappa shape index (κ1) is 8.20. The summed E-state index contributed by atoms with van der Waals surface area (Å²) in [4.78, 5) is 23.1. The summed E-state index contributed by atoms with van der Waals surface area (Å²) < 4.78 is 0. The summed E-state index contributed by atoms with van der Waals surface area (Å²) in [5, 5.41) is 0. The maximum absolute atomic E-state index is 10.6. The van der Waals surface area contributed by atoms with Gasteiger partial charge in [-0.1, -0.05) is 0 Å². The molecule has 1 saturated heterocycles. The first-order valence-electron chi connectivity index (χ1n) is 3.64. The molecule has 1 unspecified atom stereocenters. The number of ketones is 1. The normalized spacial score (nSPS) is 24.3. The predicted molar refractivity (Wildman–Crippen MR) is 39.9 cm³/mol. The monoisotopic (exact) mass is 156 g/mol. The molecule has 1 aliphatic heterocycles. The number of rotatable bonds is 3. The molecule has 1 aliphatic rings. The number of hydrogen-bond donors (Lipinski definition) is 1. The molecule has 0 saturated carbocycles. The van der Waals surface area contributed by atoms with E-state index in [9.17, 15) is 9.59 Å². The van der Waals surface area contributed by atoms with Crippen LogP contribution < -0.4 is 5.73 Å². The van der Waals surface area contributed by atoms with E-state index in [-0.39, 0.29) is 17.7 Å². The summed E-state index contributed by atoms with van der Waals surface area (Å²) >= 11 is 0. The van der Waals surface area contributed by atoms with Crippen LogP contribution in [0.25, 0.3) is 0 Å². The zero-order valence-corrected chi connectivity index (χ0v) is 6.54. The van der Waals surface area contributed by atoms with Crippen LogP contribution in [0.1, 0.15) is 13.3 Å². The van der Waals surface area contributed by atoms with Gasteiger partial charge in [-0.25, -0.2) is 0 Å². The Kier molecular flexibility index (Phi) is 2.24. The van der Waals surface area contributed by atoms with Crippen LogP contribution in [0.5, 0.6) is 0 Å². The third kappa shape index (κ3) is 1.77. The number of primary amides is 1. The van der Waals surface area contributed by atoms with Gasteiger partial charge in [-0.15, -0.1) is 0 Å². The Labute approximate surface area is 65.3 Å². The minimum atomic E-state index is -0.322. The molecular formula is C7H12N2O2. The van der Waals surface area contributed by atoms with Gasteiger partial charge in [-0.2, -0.15) is 0 Å². The molecule has 0 aliphatic carbocycles. The van der Waals surface area contributed by atoms with Crippen molar-refractivity contribution >= 4 is 11.7 Å². The first-order valence-corrected chi connectivity index (χ1v) is 3.64. The lowest BCUT2D eigenvalue weighted by Crippen LogP contribution is -2.55. The van der Waals surface area contributed by atoms with Crippen LogP contribution in [0.2, 0.25) is 0 Å². The van der Waals surface area contributed by atoms with Gasteiger partial charge >= 0.3 is 0 Å². The summed E-state index contributed by atoms with van der Waals surface area (Å²) in [6, 6.07) is -0.195. The van der Waals surface area contributed by atoms with Gasteiger partial charge in [0.2, 0.25) is 5.91 Å². The molecule has 0 radical (unpaired) electrons. The fourth-order valence-electron chi connectivity index (χ4n) is 1.24. The average Bonchev–Trinajstić information content (AvgIpc) is 1.78. The van der Waals surface area contributed by atoms with Crippen LogP contribution in [0.3, 0.4) is 0 Å². The number of likely N-dealkylation sites (tertiary alicyclic amines) is 1.